The molecule has 0 aliphatic rings. The number of hydrogen-bond acceptors (Lipinski definition) is 4. The average Bonchev–Trinajstić information content (AvgIpc) is 2.37. The number of ether oxygens (including phenoxy) is 2. The molecular weight excluding hydrogens is 218 g/mol. The van der Waals surface area contributed by atoms with Gasteiger partial charge in [0, 0.05) is 5.39 Å². The summed E-state index contributed by atoms with van der Waals surface area (Å²) in [7, 11) is 1.58. The van der Waals surface area contributed by atoms with Crippen LogP contribution in [0.25, 0.3) is 10.9 Å². The monoisotopic (exact) mass is 231 g/mol. The van der Waals surface area contributed by atoms with Crippen molar-refractivity contribution in [2.45, 2.75) is 6.92 Å². The Labute approximate surface area is 99.2 Å². The van der Waals surface area contributed by atoms with Crippen LogP contribution in [0.3, 0.4) is 0 Å². The summed E-state index contributed by atoms with van der Waals surface area (Å²) in [5, 5.41) is 0.928. The Morgan fingerprint density at radius 3 is 2.82 bits per heavy atom. The zero-order valence-corrected chi connectivity index (χ0v) is 9.77. The molecule has 17 heavy (non-hydrogen) atoms. The maximum absolute atomic E-state index is 11.6. The smallest absolute Gasteiger partial charge is 0.356 e. The molecule has 0 unspecified atom stereocenters. The van der Waals surface area contributed by atoms with Crippen LogP contribution in [0.15, 0.2) is 30.3 Å². The van der Waals surface area contributed by atoms with E-state index in [9.17, 15) is 4.79 Å². The summed E-state index contributed by atoms with van der Waals surface area (Å²) in [6.07, 6.45) is 0. The van der Waals surface area contributed by atoms with Gasteiger partial charge in [-0.3, -0.25) is 0 Å². The van der Waals surface area contributed by atoms with Crippen molar-refractivity contribution in [3.63, 3.8) is 0 Å². The summed E-state index contributed by atoms with van der Waals surface area (Å²) >= 11 is 0. The summed E-state index contributed by atoms with van der Waals surface area (Å²) < 4.78 is 10.1. The van der Waals surface area contributed by atoms with Gasteiger partial charge in [0.25, 0.3) is 0 Å². The lowest BCUT2D eigenvalue weighted by Gasteiger charge is -2.06. The summed E-state index contributed by atoms with van der Waals surface area (Å²) in [6.45, 7) is 2.10. The second-order valence-corrected chi connectivity index (χ2v) is 3.45. The first-order valence-corrected chi connectivity index (χ1v) is 5.37. The first-order chi connectivity index (χ1) is 8.26. The van der Waals surface area contributed by atoms with Gasteiger partial charge < -0.3 is 9.47 Å². The van der Waals surface area contributed by atoms with Gasteiger partial charge in [-0.25, -0.2) is 9.78 Å². The number of fused-ring (bicyclic) bond motifs is 1. The molecule has 1 aromatic heterocycles. The van der Waals surface area contributed by atoms with Crippen molar-refractivity contribution in [2.75, 3.05) is 13.7 Å². The first kappa shape index (κ1) is 11.4. The number of hydrogen-bond donors (Lipinski definition) is 0. The van der Waals surface area contributed by atoms with E-state index in [1.807, 2.05) is 24.3 Å². The molecule has 4 nitrogen and oxygen atoms in total. The van der Waals surface area contributed by atoms with E-state index < -0.39 is 5.97 Å². The van der Waals surface area contributed by atoms with Crippen LogP contribution in [0.1, 0.15) is 17.4 Å². The number of aromatic nitrogens is 1. The number of carbonyl (C=O) groups excluding carboxylic acids is 1. The van der Waals surface area contributed by atoms with Crippen molar-refractivity contribution in [1.29, 1.82) is 0 Å². The highest BCUT2D eigenvalue weighted by atomic mass is 16.5. The van der Waals surface area contributed by atoms with Crippen LogP contribution in [0.4, 0.5) is 0 Å². The Morgan fingerprint density at radius 2 is 2.12 bits per heavy atom. The number of benzene rings is 1. The lowest BCUT2D eigenvalue weighted by molar-refractivity contribution is 0.0520. The van der Waals surface area contributed by atoms with Gasteiger partial charge in [0.1, 0.15) is 17.0 Å². The molecule has 4 heteroatoms. The maximum Gasteiger partial charge on any atom is 0.356 e. The fourth-order valence-electron chi connectivity index (χ4n) is 1.60. The Morgan fingerprint density at radius 1 is 1.29 bits per heavy atom. The van der Waals surface area contributed by atoms with Gasteiger partial charge in [-0.2, -0.15) is 0 Å². The van der Waals surface area contributed by atoms with Crippen molar-refractivity contribution >= 4 is 16.9 Å². The largest absolute Gasteiger partial charge is 0.494 e. The van der Waals surface area contributed by atoms with Gasteiger partial charge in [0.05, 0.1) is 13.7 Å². The lowest BCUT2D eigenvalue weighted by Crippen LogP contribution is -2.07. The Bertz CT molecular complexity index is 551. The topological polar surface area (TPSA) is 48.4 Å². The van der Waals surface area contributed by atoms with E-state index in [1.165, 1.54) is 0 Å². The minimum Gasteiger partial charge on any atom is -0.494 e. The predicted octanol–water partition coefficient (Wildman–Crippen LogP) is 2.42. The van der Waals surface area contributed by atoms with E-state index in [0.717, 1.165) is 5.39 Å². The van der Waals surface area contributed by atoms with Crippen molar-refractivity contribution < 1.29 is 14.3 Å². The van der Waals surface area contributed by atoms with E-state index in [2.05, 4.69) is 4.98 Å². The number of rotatable bonds is 3. The van der Waals surface area contributed by atoms with Crippen LogP contribution >= 0.6 is 0 Å². The molecule has 0 fully saturated rings. The Hall–Kier alpha value is -2.10. The number of esters is 1. The summed E-state index contributed by atoms with van der Waals surface area (Å²) in [5.41, 5.74) is 0.962. The fourth-order valence-corrected chi connectivity index (χ4v) is 1.60. The zero-order valence-electron chi connectivity index (χ0n) is 9.77. The molecule has 0 N–H and O–H groups in total. The molecule has 1 aromatic carbocycles. The molecule has 1 heterocycles. The molecule has 0 aliphatic heterocycles. The third-order valence-corrected chi connectivity index (χ3v) is 2.39. The number of methoxy groups -OCH3 is 1. The summed E-state index contributed by atoms with van der Waals surface area (Å²) in [5.74, 6) is 0.231. The summed E-state index contributed by atoms with van der Waals surface area (Å²) in [4.78, 5) is 15.8. The maximum atomic E-state index is 11.6. The first-order valence-electron chi connectivity index (χ1n) is 5.37. The van der Waals surface area contributed by atoms with E-state index in [4.69, 9.17) is 9.47 Å². The van der Waals surface area contributed by atoms with E-state index in [0.29, 0.717) is 23.6 Å². The molecular formula is C13H13NO3. The van der Waals surface area contributed by atoms with Crippen LogP contribution in [0.5, 0.6) is 5.75 Å². The highest BCUT2D eigenvalue weighted by Gasteiger charge is 2.10. The number of nitrogens with zero attached hydrogens (tertiary/aromatic N) is 1. The molecule has 0 saturated carbocycles. The second-order valence-electron chi connectivity index (χ2n) is 3.45. The molecule has 0 aliphatic carbocycles. The minimum atomic E-state index is -0.416. The average molecular weight is 231 g/mol. The quantitative estimate of drug-likeness (QED) is 0.761. The Balaban J connectivity index is 2.52. The van der Waals surface area contributed by atoms with E-state index in [-0.39, 0.29) is 0 Å². The van der Waals surface area contributed by atoms with Crippen molar-refractivity contribution in [1.82, 2.24) is 4.98 Å². The number of para-hydroxylation sites is 1. The van der Waals surface area contributed by atoms with Gasteiger partial charge in [0.15, 0.2) is 0 Å². The zero-order chi connectivity index (χ0) is 12.3. The minimum absolute atomic E-state index is 0.295. The van der Waals surface area contributed by atoms with Crippen molar-refractivity contribution in [2.24, 2.45) is 0 Å². The molecule has 0 amide bonds. The normalized spacial score (nSPS) is 10.2. The van der Waals surface area contributed by atoms with Gasteiger partial charge in [-0.05, 0) is 19.1 Å². The predicted molar refractivity (Wildman–Crippen MR) is 64.3 cm³/mol. The van der Waals surface area contributed by atoms with Gasteiger partial charge >= 0.3 is 5.97 Å². The molecule has 88 valence electrons. The fraction of sp³-hybridized carbons (Fsp3) is 0.231. The van der Waals surface area contributed by atoms with Gasteiger partial charge in [-0.1, -0.05) is 18.2 Å². The van der Waals surface area contributed by atoms with Gasteiger partial charge in [0.2, 0.25) is 0 Å². The van der Waals surface area contributed by atoms with Crippen molar-refractivity contribution in [3.8, 4) is 5.75 Å². The van der Waals surface area contributed by atoms with Crippen molar-refractivity contribution in [3.05, 3.63) is 36.0 Å². The van der Waals surface area contributed by atoms with E-state index in [1.54, 1.807) is 20.1 Å². The van der Waals surface area contributed by atoms with Crippen LogP contribution in [0, 0.1) is 0 Å². The second kappa shape index (κ2) is 4.82. The molecule has 0 radical (unpaired) electrons. The van der Waals surface area contributed by atoms with Crippen LogP contribution in [-0.2, 0) is 4.74 Å². The molecule has 0 spiro atoms. The third-order valence-electron chi connectivity index (χ3n) is 2.39. The summed E-state index contributed by atoms with van der Waals surface area (Å²) in [6, 6.07) is 9.09. The molecule has 0 bridgehead atoms. The van der Waals surface area contributed by atoms with Crippen LogP contribution in [-0.4, -0.2) is 24.7 Å². The van der Waals surface area contributed by atoms with E-state index >= 15 is 0 Å². The SMILES string of the molecule is CCOC(=O)c1ccc2cccc(OC)c2n1. The highest BCUT2D eigenvalue weighted by molar-refractivity contribution is 5.92. The molecule has 0 atom stereocenters. The number of pyridine rings is 1. The lowest BCUT2D eigenvalue weighted by atomic mass is 10.2. The molecule has 2 rings (SSSR count). The Kier molecular flexibility index (Phi) is 3.23. The highest BCUT2D eigenvalue weighted by Crippen LogP contribution is 2.23. The molecule has 0 saturated heterocycles. The van der Waals surface area contributed by atoms with Crippen LogP contribution < -0.4 is 4.74 Å². The molecule has 2 aromatic rings. The standard InChI is InChI=1S/C13H13NO3/c1-3-17-13(15)10-8-7-9-5-4-6-11(16-2)12(9)14-10/h4-8H,3H2,1-2H3. The third kappa shape index (κ3) is 2.20. The van der Waals surface area contributed by atoms with Crippen LogP contribution in [0.2, 0.25) is 0 Å². The van der Waals surface area contributed by atoms with Gasteiger partial charge in [-0.15, -0.1) is 0 Å². The number of carbonyl (C=O) groups is 1.